The van der Waals surface area contributed by atoms with Crippen molar-refractivity contribution in [2.45, 2.75) is 32.1 Å². The molecular formula is C14H20ClIO2. The molecule has 0 saturated heterocycles. The van der Waals surface area contributed by atoms with E-state index in [1.165, 1.54) is 30.1 Å². The van der Waals surface area contributed by atoms with Crippen LogP contribution >= 0.6 is 34.2 Å². The van der Waals surface area contributed by atoms with Crippen LogP contribution in [-0.4, -0.2) is 18.1 Å². The first-order chi connectivity index (χ1) is 8.77. The maximum absolute atomic E-state index is 6.08. The fourth-order valence-electron chi connectivity index (χ4n) is 1.63. The van der Waals surface area contributed by atoms with Gasteiger partial charge in [0.25, 0.3) is 0 Å². The Hall–Kier alpha value is -0.160. The number of hydrogen-bond acceptors (Lipinski definition) is 2. The molecule has 18 heavy (non-hydrogen) atoms. The van der Waals surface area contributed by atoms with Crippen LogP contribution in [0.2, 0.25) is 5.02 Å². The minimum absolute atomic E-state index is 0.610. The summed E-state index contributed by atoms with van der Waals surface area (Å²) < 4.78 is 12.0. The SMILES string of the molecule is COc1ccc(OCCCCCCCI)c(Cl)c1. The Morgan fingerprint density at radius 3 is 2.50 bits per heavy atom. The Kier molecular flexibility index (Phi) is 8.59. The third-order valence-corrected chi connectivity index (χ3v) is 3.73. The van der Waals surface area contributed by atoms with E-state index in [9.17, 15) is 0 Å². The van der Waals surface area contributed by atoms with Crippen molar-refractivity contribution in [3.63, 3.8) is 0 Å². The van der Waals surface area contributed by atoms with Crippen molar-refractivity contribution >= 4 is 34.2 Å². The number of halogens is 2. The molecule has 0 spiro atoms. The Labute approximate surface area is 128 Å². The molecule has 0 N–H and O–H groups in total. The average Bonchev–Trinajstić information content (AvgIpc) is 2.39. The van der Waals surface area contributed by atoms with E-state index in [0.717, 1.165) is 24.5 Å². The summed E-state index contributed by atoms with van der Waals surface area (Å²) in [5.41, 5.74) is 0. The zero-order chi connectivity index (χ0) is 13.2. The zero-order valence-corrected chi connectivity index (χ0v) is 13.7. The highest BCUT2D eigenvalue weighted by Gasteiger charge is 2.03. The smallest absolute Gasteiger partial charge is 0.138 e. The van der Waals surface area contributed by atoms with E-state index in [1.807, 2.05) is 12.1 Å². The standard InChI is InChI=1S/C14H20ClIO2/c1-17-12-7-8-14(13(15)11-12)18-10-6-4-2-3-5-9-16/h7-8,11H,2-6,9-10H2,1H3. The van der Waals surface area contributed by atoms with Gasteiger partial charge in [0.05, 0.1) is 18.7 Å². The van der Waals surface area contributed by atoms with Crippen LogP contribution in [0.3, 0.4) is 0 Å². The molecule has 0 aromatic heterocycles. The Morgan fingerprint density at radius 2 is 1.83 bits per heavy atom. The van der Waals surface area contributed by atoms with E-state index in [4.69, 9.17) is 21.1 Å². The Bertz CT molecular complexity index is 345. The first kappa shape index (κ1) is 15.9. The number of rotatable bonds is 9. The van der Waals surface area contributed by atoms with Crippen LogP contribution in [0.25, 0.3) is 0 Å². The molecule has 0 heterocycles. The van der Waals surface area contributed by atoms with E-state index in [2.05, 4.69) is 22.6 Å². The third-order valence-electron chi connectivity index (χ3n) is 2.67. The molecule has 0 bridgehead atoms. The van der Waals surface area contributed by atoms with Crippen molar-refractivity contribution in [2.24, 2.45) is 0 Å². The van der Waals surface area contributed by atoms with Gasteiger partial charge in [-0.25, -0.2) is 0 Å². The quantitative estimate of drug-likeness (QED) is 0.335. The highest BCUT2D eigenvalue weighted by atomic mass is 127. The minimum Gasteiger partial charge on any atom is -0.497 e. The second kappa shape index (κ2) is 9.73. The van der Waals surface area contributed by atoms with E-state index in [0.29, 0.717) is 5.02 Å². The molecular weight excluding hydrogens is 363 g/mol. The van der Waals surface area contributed by atoms with Crippen molar-refractivity contribution in [1.82, 2.24) is 0 Å². The van der Waals surface area contributed by atoms with Crippen LogP contribution in [-0.2, 0) is 0 Å². The largest absolute Gasteiger partial charge is 0.497 e. The molecule has 0 fully saturated rings. The van der Waals surface area contributed by atoms with Crippen molar-refractivity contribution in [3.05, 3.63) is 23.2 Å². The number of alkyl halides is 1. The van der Waals surface area contributed by atoms with E-state index < -0.39 is 0 Å². The van der Waals surface area contributed by atoms with Crippen molar-refractivity contribution in [3.8, 4) is 11.5 Å². The second-order valence-electron chi connectivity index (χ2n) is 4.10. The molecule has 0 aliphatic rings. The lowest BCUT2D eigenvalue weighted by atomic mass is 10.2. The lowest BCUT2D eigenvalue weighted by molar-refractivity contribution is 0.304. The summed E-state index contributed by atoms with van der Waals surface area (Å²) in [4.78, 5) is 0. The van der Waals surface area contributed by atoms with Crippen LogP contribution in [0, 0.1) is 0 Å². The highest BCUT2D eigenvalue weighted by Crippen LogP contribution is 2.28. The van der Waals surface area contributed by atoms with Crippen LogP contribution in [0.5, 0.6) is 11.5 Å². The molecule has 0 saturated carbocycles. The zero-order valence-electron chi connectivity index (χ0n) is 10.8. The lowest BCUT2D eigenvalue weighted by Gasteiger charge is -2.09. The number of ether oxygens (including phenoxy) is 2. The fraction of sp³-hybridized carbons (Fsp3) is 0.571. The summed E-state index contributed by atoms with van der Waals surface area (Å²) >= 11 is 8.51. The number of benzene rings is 1. The van der Waals surface area contributed by atoms with Gasteiger partial charge >= 0.3 is 0 Å². The monoisotopic (exact) mass is 382 g/mol. The van der Waals surface area contributed by atoms with Gasteiger partial charge in [-0.2, -0.15) is 0 Å². The predicted octanol–water partition coefficient (Wildman–Crippen LogP) is 5.11. The first-order valence-electron chi connectivity index (χ1n) is 6.30. The van der Waals surface area contributed by atoms with Crippen LogP contribution in [0.15, 0.2) is 18.2 Å². The molecule has 0 unspecified atom stereocenters. The van der Waals surface area contributed by atoms with Crippen LogP contribution in [0.4, 0.5) is 0 Å². The van der Waals surface area contributed by atoms with Crippen LogP contribution < -0.4 is 9.47 Å². The Morgan fingerprint density at radius 1 is 1.11 bits per heavy atom. The van der Waals surface area contributed by atoms with Gasteiger partial charge in [0.2, 0.25) is 0 Å². The summed E-state index contributed by atoms with van der Waals surface area (Å²) in [5.74, 6) is 1.50. The van der Waals surface area contributed by atoms with E-state index >= 15 is 0 Å². The second-order valence-corrected chi connectivity index (χ2v) is 5.59. The fourth-order valence-corrected chi connectivity index (χ4v) is 2.40. The lowest BCUT2D eigenvalue weighted by Crippen LogP contribution is -1.98. The number of hydrogen-bond donors (Lipinski definition) is 0. The van der Waals surface area contributed by atoms with Crippen molar-refractivity contribution < 1.29 is 9.47 Å². The van der Waals surface area contributed by atoms with Crippen molar-refractivity contribution in [2.75, 3.05) is 18.1 Å². The molecule has 0 aliphatic carbocycles. The summed E-state index contributed by atoms with van der Waals surface area (Å²) in [6.45, 7) is 0.732. The summed E-state index contributed by atoms with van der Waals surface area (Å²) in [7, 11) is 1.63. The first-order valence-corrected chi connectivity index (χ1v) is 8.20. The average molecular weight is 383 g/mol. The molecule has 0 amide bonds. The molecule has 2 nitrogen and oxygen atoms in total. The molecule has 1 aromatic rings. The molecule has 1 aromatic carbocycles. The van der Waals surface area contributed by atoms with Gasteiger partial charge in [0.1, 0.15) is 11.5 Å². The van der Waals surface area contributed by atoms with Gasteiger partial charge < -0.3 is 9.47 Å². The van der Waals surface area contributed by atoms with Crippen LogP contribution in [0.1, 0.15) is 32.1 Å². The van der Waals surface area contributed by atoms with Gasteiger partial charge in [-0.15, -0.1) is 0 Å². The van der Waals surface area contributed by atoms with Gasteiger partial charge in [-0.1, -0.05) is 53.5 Å². The maximum Gasteiger partial charge on any atom is 0.138 e. The normalized spacial score (nSPS) is 10.4. The molecule has 0 radical (unpaired) electrons. The summed E-state index contributed by atoms with van der Waals surface area (Å²) in [6.07, 6.45) is 6.26. The van der Waals surface area contributed by atoms with Gasteiger partial charge in [-0.3, -0.25) is 0 Å². The Balaban J connectivity index is 2.19. The van der Waals surface area contributed by atoms with Gasteiger partial charge in [0, 0.05) is 6.07 Å². The molecule has 1 rings (SSSR count). The van der Waals surface area contributed by atoms with Gasteiger partial charge in [-0.05, 0) is 29.4 Å². The molecule has 0 aliphatic heterocycles. The maximum atomic E-state index is 6.08. The van der Waals surface area contributed by atoms with E-state index in [-0.39, 0.29) is 0 Å². The predicted molar refractivity (Wildman–Crippen MR) is 85.5 cm³/mol. The summed E-state index contributed by atoms with van der Waals surface area (Å²) in [5, 5.41) is 0.610. The highest BCUT2D eigenvalue weighted by molar-refractivity contribution is 14.1. The van der Waals surface area contributed by atoms with Crippen molar-refractivity contribution in [1.29, 1.82) is 0 Å². The number of unbranched alkanes of at least 4 members (excludes halogenated alkanes) is 4. The van der Waals surface area contributed by atoms with E-state index in [1.54, 1.807) is 13.2 Å². The number of methoxy groups -OCH3 is 1. The topological polar surface area (TPSA) is 18.5 Å². The van der Waals surface area contributed by atoms with Gasteiger partial charge in [0.15, 0.2) is 0 Å². The summed E-state index contributed by atoms with van der Waals surface area (Å²) in [6, 6.07) is 5.50. The molecule has 4 heteroatoms. The molecule has 0 atom stereocenters. The molecule has 102 valence electrons. The minimum atomic E-state index is 0.610. The third kappa shape index (κ3) is 6.14.